The first-order chi connectivity index (χ1) is 15.3. The zero-order valence-electron chi connectivity index (χ0n) is 20.1. The van der Waals surface area contributed by atoms with Crippen LogP contribution in [0.25, 0.3) is 22.0 Å². The first-order valence-corrected chi connectivity index (χ1v) is 12.1. The minimum absolute atomic E-state index is 0. The van der Waals surface area contributed by atoms with Crippen molar-refractivity contribution in [2.45, 2.75) is 77.9 Å². The van der Waals surface area contributed by atoms with Gasteiger partial charge in [0.25, 0.3) is 0 Å². The molecule has 3 aromatic rings. The Kier molecular flexibility index (Phi) is 8.86. The maximum Gasteiger partial charge on any atom is 0.0595 e. The van der Waals surface area contributed by atoms with Crippen molar-refractivity contribution in [1.29, 1.82) is 0 Å². The molecule has 1 heterocycles. The van der Waals surface area contributed by atoms with Crippen molar-refractivity contribution in [3.63, 3.8) is 0 Å². The van der Waals surface area contributed by atoms with Gasteiger partial charge in [-0.05, 0) is 65.6 Å². The predicted molar refractivity (Wildman–Crippen MR) is 132 cm³/mol. The van der Waals surface area contributed by atoms with E-state index in [1.165, 1.54) is 28.3 Å². The van der Waals surface area contributed by atoms with Gasteiger partial charge in [-0.3, -0.25) is 0 Å². The Morgan fingerprint density at radius 1 is 0.909 bits per heavy atom. The number of aromatic nitrogens is 1. The molecular formula is C29H36IrNO2-. The second-order valence-corrected chi connectivity index (χ2v) is 10.1. The van der Waals surface area contributed by atoms with E-state index in [1.807, 2.05) is 6.20 Å². The molecule has 2 saturated carbocycles. The Morgan fingerprint density at radius 2 is 1.67 bits per heavy atom. The van der Waals surface area contributed by atoms with Crippen molar-refractivity contribution < 1.29 is 30.3 Å². The van der Waals surface area contributed by atoms with Gasteiger partial charge in [-0.1, -0.05) is 52.3 Å². The van der Waals surface area contributed by atoms with Crippen LogP contribution in [0.3, 0.4) is 0 Å². The SMILES string of the molecule is Cc1[c-]c(-c2cc3ccc(C(C)C)cc3cn2)cc(C)c1.OC1CCCC2CCC(O)C12.[Ir]. The normalized spacial score (nSPS) is 24.1. The smallest absolute Gasteiger partial charge is 0.0595 e. The molecule has 2 aliphatic carbocycles. The molecule has 0 bridgehead atoms. The third-order valence-corrected chi connectivity index (χ3v) is 7.18. The van der Waals surface area contributed by atoms with Crippen LogP contribution < -0.4 is 0 Å². The first-order valence-electron chi connectivity index (χ1n) is 12.1. The topological polar surface area (TPSA) is 53.4 Å². The molecule has 4 heteroatoms. The minimum atomic E-state index is -0.216. The molecule has 1 aromatic heterocycles. The Balaban J connectivity index is 0.000000215. The summed E-state index contributed by atoms with van der Waals surface area (Å²) in [4.78, 5) is 4.63. The molecule has 5 rings (SSSR count). The summed E-state index contributed by atoms with van der Waals surface area (Å²) in [6, 6.07) is 16.5. The van der Waals surface area contributed by atoms with Crippen molar-refractivity contribution in [2.24, 2.45) is 11.8 Å². The van der Waals surface area contributed by atoms with Crippen molar-refractivity contribution in [3.05, 3.63) is 65.4 Å². The van der Waals surface area contributed by atoms with Crippen LogP contribution in [0.4, 0.5) is 0 Å². The summed E-state index contributed by atoms with van der Waals surface area (Å²) in [7, 11) is 0. The zero-order chi connectivity index (χ0) is 22.8. The largest absolute Gasteiger partial charge is 0.393 e. The third-order valence-electron chi connectivity index (χ3n) is 7.18. The molecule has 4 atom stereocenters. The van der Waals surface area contributed by atoms with E-state index in [1.54, 1.807) is 0 Å². The maximum atomic E-state index is 9.59. The third kappa shape index (κ3) is 6.11. The molecule has 33 heavy (non-hydrogen) atoms. The Labute approximate surface area is 212 Å². The average Bonchev–Trinajstić information content (AvgIpc) is 3.15. The number of pyridine rings is 1. The van der Waals surface area contributed by atoms with Gasteiger partial charge in [-0.25, -0.2) is 0 Å². The number of aliphatic hydroxyl groups excluding tert-OH is 2. The van der Waals surface area contributed by atoms with Gasteiger partial charge in [-0.15, -0.1) is 34.9 Å². The fourth-order valence-corrected chi connectivity index (χ4v) is 5.47. The van der Waals surface area contributed by atoms with E-state index in [-0.39, 0.29) is 38.2 Å². The number of aliphatic hydroxyl groups is 2. The zero-order valence-corrected chi connectivity index (χ0v) is 22.5. The summed E-state index contributed by atoms with van der Waals surface area (Å²) in [5.41, 5.74) is 5.82. The molecule has 1 radical (unpaired) electrons. The van der Waals surface area contributed by atoms with E-state index in [0.717, 1.165) is 42.5 Å². The van der Waals surface area contributed by atoms with E-state index in [9.17, 15) is 10.2 Å². The summed E-state index contributed by atoms with van der Waals surface area (Å²) in [6.07, 6.45) is 6.85. The van der Waals surface area contributed by atoms with E-state index in [2.05, 4.69) is 75.1 Å². The fourth-order valence-electron chi connectivity index (χ4n) is 5.47. The molecule has 3 nitrogen and oxygen atoms in total. The van der Waals surface area contributed by atoms with Gasteiger partial charge >= 0.3 is 0 Å². The van der Waals surface area contributed by atoms with Crippen LogP contribution in [0.15, 0.2) is 42.6 Å². The Hall–Kier alpha value is -1.58. The molecule has 4 unspecified atom stereocenters. The summed E-state index contributed by atoms with van der Waals surface area (Å²) in [6.45, 7) is 8.62. The average molecular weight is 623 g/mol. The maximum absolute atomic E-state index is 9.59. The van der Waals surface area contributed by atoms with Crippen LogP contribution in [0.2, 0.25) is 0 Å². The van der Waals surface area contributed by atoms with Crippen molar-refractivity contribution >= 4 is 10.8 Å². The molecule has 0 amide bonds. The van der Waals surface area contributed by atoms with Gasteiger partial charge in [0.1, 0.15) is 0 Å². The molecule has 2 aliphatic rings. The molecule has 2 N–H and O–H groups in total. The summed E-state index contributed by atoms with van der Waals surface area (Å²) in [5, 5.41) is 21.6. The second-order valence-electron chi connectivity index (χ2n) is 10.1. The van der Waals surface area contributed by atoms with Gasteiger partial charge in [0, 0.05) is 32.2 Å². The second kappa shape index (κ2) is 11.2. The van der Waals surface area contributed by atoms with Crippen LogP contribution in [0, 0.1) is 31.7 Å². The number of hydrogen-bond donors (Lipinski definition) is 2. The summed E-state index contributed by atoms with van der Waals surface area (Å²) in [5.74, 6) is 1.37. The Bertz CT molecular complexity index is 1060. The Morgan fingerprint density at radius 3 is 2.36 bits per heavy atom. The molecule has 0 spiro atoms. The fraction of sp³-hybridized carbons (Fsp3) is 0.483. The summed E-state index contributed by atoms with van der Waals surface area (Å²) >= 11 is 0. The molecule has 179 valence electrons. The van der Waals surface area contributed by atoms with Crippen LogP contribution in [-0.4, -0.2) is 27.4 Å². The van der Waals surface area contributed by atoms with Gasteiger partial charge in [0.15, 0.2) is 0 Å². The van der Waals surface area contributed by atoms with Crippen molar-refractivity contribution in [2.75, 3.05) is 0 Å². The minimum Gasteiger partial charge on any atom is -0.393 e. The number of nitrogens with zero attached hydrogens (tertiary/aromatic N) is 1. The van der Waals surface area contributed by atoms with Crippen LogP contribution >= 0.6 is 0 Å². The number of aryl methyl sites for hydroxylation is 2. The van der Waals surface area contributed by atoms with Gasteiger partial charge < -0.3 is 15.2 Å². The quantitative estimate of drug-likeness (QED) is 0.327. The van der Waals surface area contributed by atoms with Gasteiger partial charge in [0.05, 0.1) is 12.2 Å². The first kappa shape index (κ1) is 26.0. The molecule has 2 fully saturated rings. The number of fused-ring (bicyclic) bond motifs is 2. The molecule has 2 aromatic carbocycles. The van der Waals surface area contributed by atoms with Crippen LogP contribution in [-0.2, 0) is 20.1 Å². The van der Waals surface area contributed by atoms with E-state index < -0.39 is 0 Å². The monoisotopic (exact) mass is 623 g/mol. The standard InChI is InChI=1S/C20H20N.C9H16O2.Ir/c1-13(2)16-5-6-17-11-20(21-12-19(17)10-16)18-8-14(3)7-15(4)9-18;10-7-3-1-2-6-4-5-8(11)9(6)7;/h5-8,10-13H,1-4H3;6-11H,1-5H2;/q-1;;. The van der Waals surface area contributed by atoms with Gasteiger partial charge in [-0.2, -0.15) is 0 Å². The van der Waals surface area contributed by atoms with Crippen LogP contribution in [0.5, 0.6) is 0 Å². The predicted octanol–water partition coefficient (Wildman–Crippen LogP) is 6.36. The number of rotatable bonds is 2. The number of hydrogen-bond acceptors (Lipinski definition) is 3. The molecule has 0 aliphatic heterocycles. The molecular weight excluding hydrogens is 587 g/mol. The van der Waals surface area contributed by atoms with Crippen molar-refractivity contribution in [1.82, 2.24) is 4.98 Å². The van der Waals surface area contributed by atoms with E-state index in [4.69, 9.17) is 0 Å². The van der Waals surface area contributed by atoms with Crippen LogP contribution in [0.1, 0.15) is 68.6 Å². The molecule has 0 saturated heterocycles. The van der Waals surface area contributed by atoms with Gasteiger partial charge in [0.2, 0.25) is 0 Å². The van der Waals surface area contributed by atoms with E-state index >= 15 is 0 Å². The van der Waals surface area contributed by atoms with E-state index in [0.29, 0.717) is 11.8 Å². The van der Waals surface area contributed by atoms with Crippen molar-refractivity contribution in [3.8, 4) is 11.3 Å². The number of benzene rings is 2. The summed E-state index contributed by atoms with van der Waals surface area (Å²) < 4.78 is 0.